The number of phenols is 1. The van der Waals surface area contributed by atoms with Crippen molar-refractivity contribution in [1.29, 1.82) is 0 Å². The third kappa shape index (κ3) is 5.56. The Balaban J connectivity index is 2.63. The van der Waals surface area contributed by atoms with Crippen molar-refractivity contribution in [2.24, 2.45) is 0 Å². The van der Waals surface area contributed by atoms with Crippen molar-refractivity contribution in [1.82, 2.24) is 0 Å². The second-order valence-corrected chi connectivity index (χ2v) is 5.98. The molecule has 0 radical (unpaired) electrons. The number of unbranched alkanes of at least 4 members (excludes halogenated alkanes) is 6. The number of benzene rings is 1. The molecule has 0 heterocycles. The van der Waals surface area contributed by atoms with Crippen molar-refractivity contribution in [2.45, 2.75) is 85.0 Å². The summed E-state index contributed by atoms with van der Waals surface area (Å²) in [6.07, 6.45) is 12.4. The van der Waals surface area contributed by atoms with E-state index in [1.165, 1.54) is 68.1 Å². The molecule has 1 heteroatoms. The topological polar surface area (TPSA) is 20.2 Å². The zero-order valence-electron chi connectivity index (χ0n) is 13.7. The Kier molecular flexibility index (Phi) is 8.41. The zero-order chi connectivity index (χ0) is 14.8. The number of hydrogen-bond donors (Lipinski definition) is 1. The van der Waals surface area contributed by atoms with Crippen LogP contribution >= 0.6 is 0 Å². The van der Waals surface area contributed by atoms with E-state index in [0.29, 0.717) is 5.75 Å². The molecule has 0 aliphatic carbocycles. The van der Waals surface area contributed by atoms with Gasteiger partial charge in [-0.3, -0.25) is 0 Å². The fourth-order valence-corrected chi connectivity index (χ4v) is 2.88. The normalized spacial score (nSPS) is 10.9. The number of aryl methyl sites for hydroxylation is 1. The summed E-state index contributed by atoms with van der Waals surface area (Å²) in [5, 5.41) is 10.2. The molecule has 0 saturated carbocycles. The number of rotatable bonds is 10. The fourth-order valence-electron chi connectivity index (χ4n) is 2.88. The molecule has 0 unspecified atom stereocenters. The van der Waals surface area contributed by atoms with E-state index in [1.54, 1.807) is 0 Å². The molecule has 0 aromatic heterocycles. The summed E-state index contributed by atoms with van der Waals surface area (Å²) in [7, 11) is 0. The highest BCUT2D eigenvalue weighted by Gasteiger charge is 2.10. The van der Waals surface area contributed by atoms with Crippen molar-refractivity contribution in [3.05, 3.63) is 28.8 Å². The van der Waals surface area contributed by atoms with E-state index in [4.69, 9.17) is 0 Å². The second-order valence-electron chi connectivity index (χ2n) is 5.98. The van der Waals surface area contributed by atoms with Gasteiger partial charge in [0, 0.05) is 0 Å². The largest absolute Gasteiger partial charge is 0.508 e. The van der Waals surface area contributed by atoms with E-state index in [0.717, 1.165) is 12.8 Å². The summed E-state index contributed by atoms with van der Waals surface area (Å²) in [5.41, 5.74) is 3.98. The van der Waals surface area contributed by atoms with Crippen LogP contribution in [0, 0.1) is 6.92 Å². The maximum absolute atomic E-state index is 10.2. The minimum absolute atomic E-state index is 0.512. The molecule has 0 fully saturated rings. The quantitative estimate of drug-likeness (QED) is 0.524. The van der Waals surface area contributed by atoms with Gasteiger partial charge in [0.2, 0.25) is 0 Å². The number of aromatic hydroxyl groups is 1. The first kappa shape index (κ1) is 17.1. The van der Waals surface area contributed by atoms with Gasteiger partial charge in [-0.15, -0.1) is 0 Å². The molecule has 0 amide bonds. The first-order chi connectivity index (χ1) is 9.70. The lowest BCUT2D eigenvalue weighted by molar-refractivity contribution is 0.464. The molecule has 0 aliphatic heterocycles. The van der Waals surface area contributed by atoms with Crippen LogP contribution in [0.2, 0.25) is 0 Å². The van der Waals surface area contributed by atoms with Gasteiger partial charge in [-0.05, 0) is 55.4 Å². The molecule has 20 heavy (non-hydrogen) atoms. The average Bonchev–Trinajstić information content (AvgIpc) is 2.44. The molecule has 0 atom stereocenters. The summed E-state index contributed by atoms with van der Waals surface area (Å²) in [5.74, 6) is 0.512. The van der Waals surface area contributed by atoms with E-state index in [-0.39, 0.29) is 0 Å². The second kappa shape index (κ2) is 9.85. The van der Waals surface area contributed by atoms with E-state index in [9.17, 15) is 5.11 Å². The molecule has 1 aromatic rings. The smallest absolute Gasteiger partial charge is 0.119 e. The summed E-state index contributed by atoms with van der Waals surface area (Å²) in [6, 6.07) is 3.94. The van der Waals surface area contributed by atoms with E-state index in [1.807, 2.05) is 6.07 Å². The Morgan fingerprint density at radius 3 is 2.00 bits per heavy atom. The van der Waals surface area contributed by atoms with Crippen LogP contribution in [0.5, 0.6) is 5.75 Å². The third-order valence-corrected chi connectivity index (χ3v) is 4.20. The molecule has 0 saturated heterocycles. The summed E-state index contributed by atoms with van der Waals surface area (Å²) in [4.78, 5) is 0. The Bertz CT molecular complexity index is 382. The van der Waals surface area contributed by atoms with Crippen LogP contribution in [-0.4, -0.2) is 5.11 Å². The molecule has 1 aromatic carbocycles. The molecule has 1 N–H and O–H groups in total. The standard InChI is InChI=1S/C19H32O/c1-4-6-8-9-11-13-18-17(12-10-7-5-2)16(3)14-15-19(18)20/h14-15,20H,4-13H2,1-3H3. The van der Waals surface area contributed by atoms with Crippen molar-refractivity contribution >= 4 is 0 Å². The van der Waals surface area contributed by atoms with Crippen LogP contribution in [0.15, 0.2) is 12.1 Å². The summed E-state index contributed by atoms with van der Waals surface area (Å²) >= 11 is 0. The highest BCUT2D eigenvalue weighted by molar-refractivity contribution is 5.44. The van der Waals surface area contributed by atoms with Gasteiger partial charge in [-0.1, -0.05) is 58.4 Å². The minimum atomic E-state index is 0.512. The maximum Gasteiger partial charge on any atom is 0.119 e. The van der Waals surface area contributed by atoms with Crippen LogP contribution < -0.4 is 0 Å². The first-order valence-electron chi connectivity index (χ1n) is 8.51. The Morgan fingerprint density at radius 1 is 0.750 bits per heavy atom. The molecule has 0 aliphatic rings. The van der Waals surface area contributed by atoms with Crippen molar-refractivity contribution in [3.8, 4) is 5.75 Å². The van der Waals surface area contributed by atoms with Gasteiger partial charge < -0.3 is 5.11 Å². The zero-order valence-corrected chi connectivity index (χ0v) is 13.7. The lowest BCUT2D eigenvalue weighted by Gasteiger charge is -2.14. The van der Waals surface area contributed by atoms with Crippen LogP contribution in [0.4, 0.5) is 0 Å². The Labute approximate surface area is 125 Å². The number of phenolic OH excluding ortho intramolecular Hbond substituents is 1. The van der Waals surface area contributed by atoms with Crippen molar-refractivity contribution in [2.75, 3.05) is 0 Å². The van der Waals surface area contributed by atoms with Crippen molar-refractivity contribution in [3.63, 3.8) is 0 Å². The van der Waals surface area contributed by atoms with Crippen LogP contribution in [0.1, 0.15) is 81.9 Å². The summed E-state index contributed by atoms with van der Waals surface area (Å²) in [6.45, 7) is 6.67. The molecule has 1 rings (SSSR count). The fraction of sp³-hybridized carbons (Fsp3) is 0.684. The molecule has 0 spiro atoms. The predicted molar refractivity (Wildman–Crippen MR) is 88.5 cm³/mol. The third-order valence-electron chi connectivity index (χ3n) is 4.20. The molecular weight excluding hydrogens is 244 g/mol. The van der Waals surface area contributed by atoms with Crippen LogP contribution in [0.25, 0.3) is 0 Å². The first-order valence-corrected chi connectivity index (χ1v) is 8.51. The Hall–Kier alpha value is -0.980. The van der Waals surface area contributed by atoms with Gasteiger partial charge in [0.25, 0.3) is 0 Å². The van der Waals surface area contributed by atoms with E-state index in [2.05, 4.69) is 26.8 Å². The number of hydrogen-bond acceptors (Lipinski definition) is 1. The van der Waals surface area contributed by atoms with Crippen LogP contribution in [-0.2, 0) is 12.8 Å². The minimum Gasteiger partial charge on any atom is -0.508 e. The molecule has 114 valence electrons. The highest BCUT2D eigenvalue weighted by Crippen LogP contribution is 2.28. The molecular formula is C19H32O. The Morgan fingerprint density at radius 2 is 1.30 bits per heavy atom. The van der Waals surface area contributed by atoms with Gasteiger partial charge in [0.1, 0.15) is 5.75 Å². The molecule has 0 bridgehead atoms. The average molecular weight is 276 g/mol. The van der Waals surface area contributed by atoms with Gasteiger partial charge in [-0.25, -0.2) is 0 Å². The van der Waals surface area contributed by atoms with Gasteiger partial charge >= 0.3 is 0 Å². The van der Waals surface area contributed by atoms with Gasteiger partial charge in [0.05, 0.1) is 0 Å². The molecule has 1 nitrogen and oxygen atoms in total. The van der Waals surface area contributed by atoms with Gasteiger partial charge in [-0.2, -0.15) is 0 Å². The van der Waals surface area contributed by atoms with Crippen molar-refractivity contribution < 1.29 is 5.11 Å². The van der Waals surface area contributed by atoms with Gasteiger partial charge in [0.15, 0.2) is 0 Å². The van der Waals surface area contributed by atoms with Crippen LogP contribution in [0.3, 0.4) is 0 Å². The van der Waals surface area contributed by atoms with E-state index < -0.39 is 0 Å². The van der Waals surface area contributed by atoms with E-state index >= 15 is 0 Å². The predicted octanol–water partition coefficient (Wildman–Crippen LogP) is 5.95. The summed E-state index contributed by atoms with van der Waals surface area (Å²) < 4.78 is 0. The highest BCUT2D eigenvalue weighted by atomic mass is 16.3. The lowest BCUT2D eigenvalue weighted by Crippen LogP contribution is -1.99. The maximum atomic E-state index is 10.2. The SMILES string of the molecule is CCCCCCCc1c(O)ccc(C)c1CCCCC. The lowest BCUT2D eigenvalue weighted by atomic mass is 9.92. The monoisotopic (exact) mass is 276 g/mol.